The summed E-state index contributed by atoms with van der Waals surface area (Å²) in [7, 11) is 1.45. The Balaban J connectivity index is 3.04. The summed E-state index contributed by atoms with van der Waals surface area (Å²) in [6, 6.07) is 5.07. The Hall–Kier alpha value is -1.38. The summed E-state index contributed by atoms with van der Waals surface area (Å²) in [4.78, 5) is 4.53. The summed E-state index contributed by atoms with van der Waals surface area (Å²) in [5.41, 5.74) is 1.22. The quantitative estimate of drug-likeness (QED) is 0.541. The highest BCUT2D eigenvalue weighted by molar-refractivity contribution is 5.79. The number of halogens is 1. The third-order valence-corrected chi connectivity index (χ3v) is 2.11. The van der Waals surface area contributed by atoms with Crippen LogP contribution in [0.4, 0.5) is 4.39 Å². The lowest BCUT2D eigenvalue weighted by Crippen LogP contribution is -2.13. The maximum Gasteiger partial charge on any atom is 0.127 e. The van der Waals surface area contributed by atoms with Gasteiger partial charge in [-0.15, -0.1) is 0 Å². The number of rotatable bonds is 2. The Bertz CT molecular complexity index is 366. The van der Waals surface area contributed by atoms with Crippen LogP contribution < -0.4 is 0 Å². The molecule has 0 aliphatic heterocycles. The number of nitrogens with zero attached hydrogens (tertiary/aromatic N) is 1. The fraction of sp³-hybridized carbons (Fsp3) is 0.417. The van der Waals surface area contributed by atoms with Gasteiger partial charge in [-0.05, 0) is 22.6 Å². The first-order valence-electron chi connectivity index (χ1n) is 4.81. The zero-order valence-electron chi connectivity index (χ0n) is 9.54. The average molecular weight is 209 g/mol. The van der Waals surface area contributed by atoms with Crippen LogP contribution in [0.25, 0.3) is 0 Å². The first kappa shape index (κ1) is 11.7. The number of oxime groups is 1. The molecule has 0 saturated carbocycles. The van der Waals surface area contributed by atoms with Gasteiger partial charge in [0.25, 0.3) is 0 Å². The summed E-state index contributed by atoms with van der Waals surface area (Å²) in [5, 5.41) is 3.58. The molecule has 0 N–H and O–H groups in total. The molecule has 0 bridgehead atoms. The molecule has 2 nitrogen and oxygen atoms in total. The molecule has 0 heterocycles. The minimum atomic E-state index is -0.206. The van der Waals surface area contributed by atoms with Crippen molar-refractivity contribution in [3.8, 4) is 0 Å². The van der Waals surface area contributed by atoms with Crippen molar-refractivity contribution >= 4 is 6.21 Å². The molecule has 3 heteroatoms. The van der Waals surface area contributed by atoms with E-state index in [1.807, 2.05) is 26.8 Å². The van der Waals surface area contributed by atoms with Crippen LogP contribution in [-0.4, -0.2) is 13.3 Å². The third-order valence-electron chi connectivity index (χ3n) is 2.11. The second-order valence-electron chi connectivity index (χ2n) is 4.41. The molecule has 0 spiro atoms. The van der Waals surface area contributed by atoms with Gasteiger partial charge in [0.05, 0.1) is 6.21 Å². The van der Waals surface area contributed by atoms with Crippen LogP contribution in [0.5, 0.6) is 0 Å². The van der Waals surface area contributed by atoms with E-state index in [0.29, 0.717) is 11.1 Å². The van der Waals surface area contributed by atoms with Crippen molar-refractivity contribution < 1.29 is 9.23 Å². The molecule has 0 atom stereocenters. The Morgan fingerprint density at radius 1 is 1.33 bits per heavy atom. The van der Waals surface area contributed by atoms with Gasteiger partial charge in [0, 0.05) is 0 Å². The predicted octanol–water partition coefficient (Wildman–Crippen LogP) is 3.10. The van der Waals surface area contributed by atoms with Crippen LogP contribution in [0.1, 0.15) is 31.9 Å². The summed E-state index contributed by atoms with van der Waals surface area (Å²) < 4.78 is 13.7. The van der Waals surface area contributed by atoms with Crippen molar-refractivity contribution in [1.82, 2.24) is 0 Å². The van der Waals surface area contributed by atoms with Gasteiger partial charge in [0.15, 0.2) is 0 Å². The van der Waals surface area contributed by atoms with Gasteiger partial charge >= 0.3 is 0 Å². The first-order chi connectivity index (χ1) is 6.95. The van der Waals surface area contributed by atoms with Crippen molar-refractivity contribution in [3.63, 3.8) is 0 Å². The van der Waals surface area contributed by atoms with Gasteiger partial charge in [-0.3, -0.25) is 0 Å². The van der Waals surface area contributed by atoms with Gasteiger partial charge in [0.2, 0.25) is 0 Å². The highest BCUT2D eigenvalue weighted by atomic mass is 19.1. The van der Waals surface area contributed by atoms with E-state index < -0.39 is 0 Å². The van der Waals surface area contributed by atoms with Crippen LogP contribution in [0.3, 0.4) is 0 Å². The van der Waals surface area contributed by atoms with Gasteiger partial charge in [0.1, 0.15) is 12.9 Å². The van der Waals surface area contributed by atoms with Crippen molar-refractivity contribution in [1.29, 1.82) is 0 Å². The second-order valence-corrected chi connectivity index (χ2v) is 4.41. The fourth-order valence-electron chi connectivity index (χ4n) is 1.33. The minimum absolute atomic E-state index is 0.180. The van der Waals surface area contributed by atoms with Crippen LogP contribution in [-0.2, 0) is 10.3 Å². The van der Waals surface area contributed by atoms with Crippen molar-refractivity contribution in [3.05, 3.63) is 35.1 Å². The van der Waals surface area contributed by atoms with E-state index in [1.54, 1.807) is 6.07 Å². The normalized spacial score (nSPS) is 12.1. The highest BCUT2D eigenvalue weighted by Gasteiger charge is 2.17. The predicted molar refractivity (Wildman–Crippen MR) is 59.7 cm³/mol. The summed E-state index contributed by atoms with van der Waals surface area (Å²) in [6.07, 6.45) is 1.48. The lowest BCUT2D eigenvalue weighted by Gasteiger charge is -2.19. The van der Waals surface area contributed by atoms with Crippen LogP contribution in [0.15, 0.2) is 23.4 Å². The average Bonchev–Trinajstić information content (AvgIpc) is 2.12. The van der Waals surface area contributed by atoms with E-state index in [2.05, 4.69) is 9.99 Å². The molecule has 82 valence electrons. The van der Waals surface area contributed by atoms with E-state index in [0.717, 1.165) is 0 Å². The van der Waals surface area contributed by atoms with Crippen molar-refractivity contribution in [2.45, 2.75) is 26.2 Å². The number of hydrogen-bond donors (Lipinski definition) is 0. The van der Waals surface area contributed by atoms with Gasteiger partial charge in [-0.1, -0.05) is 38.1 Å². The molecule has 0 aliphatic rings. The Labute approximate surface area is 89.7 Å². The summed E-state index contributed by atoms with van der Waals surface area (Å²) >= 11 is 0. The van der Waals surface area contributed by atoms with Crippen LogP contribution >= 0.6 is 0 Å². The molecule has 0 fully saturated rings. The monoisotopic (exact) mass is 209 g/mol. The van der Waals surface area contributed by atoms with E-state index in [4.69, 9.17) is 0 Å². The molecule has 1 aromatic rings. The zero-order valence-corrected chi connectivity index (χ0v) is 9.54. The van der Waals surface area contributed by atoms with Crippen molar-refractivity contribution in [2.75, 3.05) is 7.11 Å². The standard InChI is InChI=1S/C12H16FNO/c1-12(2,3)10-6-5-9(7-11(10)13)8-14-15-4/h5-8H,1-4H3. The lowest BCUT2D eigenvalue weighted by molar-refractivity contribution is 0.215. The maximum absolute atomic E-state index is 13.7. The molecule has 1 rings (SSSR count). The van der Waals surface area contributed by atoms with Gasteiger partial charge < -0.3 is 4.84 Å². The van der Waals surface area contributed by atoms with E-state index in [-0.39, 0.29) is 11.2 Å². The maximum atomic E-state index is 13.7. The molecule has 0 unspecified atom stereocenters. The Morgan fingerprint density at radius 3 is 2.47 bits per heavy atom. The Morgan fingerprint density at radius 2 is 2.00 bits per heavy atom. The fourth-order valence-corrected chi connectivity index (χ4v) is 1.33. The van der Waals surface area contributed by atoms with E-state index in [9.17, 15) is 4.39 Å². The number of hydrogen-bond acceptors (Lipinski definition) is 2. The number of benzene rings is 1. The van der Waals surface area contributed by atoms with Gasteiger partial charge in [-0.2, -0.15) is 0 Å². The molecule has 0 aliphatic carbocycles. The molecule has 0 amide bonds. The Kier molecular flexibility index (Phi) is 3.45. The minimum Gasteiger partial charge on any atom is -0.399 e. The topological polar surface area (TPSA) is 21.6 Å². The molecule has 15 heavy (non-hydrogen) atoms. The second kappa shape index (κ2) is 4.43. The summed E-state index contributed by atoms with van der Waals surface area (Å²) in [5.74, 6) is -0.206. The first-order valence-corrected chi connectivity index (χ1v) is 4.81. The smallest absolute Gasteiger partial charge is 0.127 e. The molecule has 0 radical (unpaired) electrons. The van der Waals surface area contributed by atoms with Crippen molar-refractivity contribution in [2.24, 2.45) is 5.16 Å². The largest absolute Gasteiger partial charge is 0.399 e. The van der Waals surface area contributed by atoms with Crippen LogP contribution in [0.2, 0.25) is 0 Å². The van der Waals surface area contributed by atoms with E-state index >= 15 is 0 Å². The van der Waals surface area contributed by atoms with E-state index in [1.165, 1.54) is 19.4 Å². The molecular formula is C12H16FNO. The molecule has 0 aromatic heterocycles. The van der Waals surface area contributed by atoms with Crippen LogP contribution in [0, 0.1) is 5.82 Å². The molecular weight excluding hydrogens is 193 g/mol. The third kappa shape index (κ3) is 3.05. The highest BCUT2D eigenvalue weighted by Crippen LogP contribution is 2.25. The van der Waals surface area contributed by atoms with Gasteiger partial charge in [-0.25, -0.2) is 4.39 Å². The summed E-state index contributed by atoms with van der Waals surface area (Å²) in [6.45, 7) is 5.94. The molecule has 1 aromatic carbocycles. The molecule has 0 saturated heterocycles. The SMILES string of the molecule is CON=Cc1ccc(C(C)(C)C)c(F)c1. The zero-order chi connectivity index (χ0) is 11.5. The lowest BCUT2D eigenvalue weighted by atomic mass is 9.86.